The van der Waals surface area contributed by atoms with E-state index in [1.54, 1.807) is 18.8 Å². The van der Waals surface area contributed by atoms with E-state index in [-0.39, 0.29) is 0 Å². The van der Waals surface area contributed by atoms with Crippen LogP contribution in [0.4, 0.5) is 13.2 Å². The molecule has 154 valence electrons. The number of benzene rings is 1. The molecule has 2 rings (SSSR count). The van der Waals surface area contributed by atoms with Gasteiger partial charge in [-0.2, -0.15) is 0 Å². The molecule has 0 aromatic heterocycles. The molecule has 0 saturated heterocycles. The van der Waals surface area contributed by atoms with Crippen LogP contribution in [0.3, 0.4) is 0 Å². The first kappa shape index (κ1) is 22.6. The molecule has 0 aliphatic carbocycles. The van der Waals surface area contributed by atoms with Gasteiger partial charge in [-0.1, -0.05) is 0 Å². The second-order valence-electron chi connectivity index (χ2n) is 9.69. The molecule has 27 heavy (non-hydrogen) atoms. The zero-order chi connectivity index (χ0) is 21.1. The molecule has 1 heterocycles. The van der Waals surface area contributed by atoms with Crippen molar-refractivity contribution in [3.8, 4) is 0 Å². The van der Waals surface area contributed by atoms with Crippen molar-refractivity contribution in [1.82, 2.24) is 0 Å². The summed E-state index contributed by atoms with van der Waals surface area (Å²) in [5.74, 6) is 0.366. The van der Waals surface area contributed by atoms with E-state index < -0.39 is 35.9 Å². The number of hydrogen-bond donors (Lipinski definition) is 0. The summed E-state index contributed by atoms with van der Waals surface area (Å²) >= 11 is 0. The summed E-state index contributed by atoms with van der Waals surface area (Å²) in [5, 5.41) is 1.43. The Morgan fingerprint density at radius 1 is 1.04 bits per heavy atom. The zero-order valence-electron chi connectivity index (χ0n) is 16.8. The van der Waals surface area contributed by atoms with Gasteiger partial charge in [0.25, 0.3) is 0 Å². The number of allylic oxidation sites excluding steroid dienone is 1. The van der Waals surface area contributed by atoms with Crippen molar-refractivity contribution in [2.24, 2.45) is 5.41 Å². The average molecular weight is 441 g/mol. The van der Waals surface area contributed by atoms with Crippen molar-refractivity contribution in [2.45, 2.75) is 45.9 Å². The van der Waals surface area contributed by atoms with Crippen LogP contribution in [0, 0.1) is 5.41 Å². The molecule has 3 nitrogen and oxygen atoms in total. The number of halogens is 3. The third-order valence-corrected chi connectivity index (χ3v) is 17.8. The predicted molar refractivity (Wildman–Crippen MR) is 110 cm³/mol. The normalized spacial score (nSPS) is 21.5. The van der Waals surface area contributed by atoms with Crippen molar-refractivity contribution in [2.75, 3.05) is 12.5 Å². The van der Waals surface area contributed by atoms with E-state index in [4.69, 9.17) is 3.97 Å². The predicted octanol–water partition coefficient (Wildman–Crippen LogP) is 6.26. The van der Waals surface area contributed by atoms with Gasteiger partial charge in [0, 0.05) is 0 Å². The molecule has 0 spiro atoms. The fourth-order valence-electron chi connectivity index (χ4n) is 4.44. The molecule has 1 aliphatic heterocycles. The van der Waals surface area contributed by atoms with Gasteiger partial charge < -0.3 is 0 Å². The van der Waals surface area contributed by atoms with E-state index in [2.05, 4.69) is 0 Å². The van der Waals surface area contributed by atoms with Gasteiger partial charge in [-0.3, -0.25) is 0 Å². The SMILES string of the molecule is CC(C)(C)C1=C(c2ccccc2)P1(C)(C[Si](C)(C)C)OS(=O)(=O)C(F)(F)F. The van der Waals surface area contributed by atoms with Gasteiger partial charge in [0.15, 0.2) is 0 Å². The minimum atomic E-state index is -5.72. The van der Waals surface area contributed by atoms with Crippen molar-refractivity contribution >= 4 is 30.3 Å². The molecular formula is C18H28F3O3PSSi. The summed E-state index contributed by atoms with van der Waals surface area (Å²) in [6.07, 6.45) is 0. The van der Waals surface area contributed by atoms with Gasteiger partial charge in [0.1, 0.15) is 0 Å². The monoisotopic (exact) mass is 440 g/mol. The number of rotatable bonds is 5. The first-order chi connectivity index (χ1) is 11.8. The van der Waals surface area contributed by atoms with Crippen LogP contribution in [0.15, 0.2) is 35.6 Å². The summed E-state index contributed by atoms with van der Waals surface area (Å²) in [6.45, 7) is 9.53. The van der Waals surface area contributed by atoms with Gasteiger partial charge in [-0.15, -0.1) is 0 Å². The second kappa shape index (κ2) is 6.15. The molecule has 0 fully saturated rings. The molecular weight excluding hydrogens is 412 g/mol. The molecule has 0 N–H and O–H groups in total. The Hall–Kier alpha value is -0.693. The fraction of sp³-hybridized carbons (Fsp3) is 0.556. The van der Waals surface area contributed by atoms with E-state index in [9.17, 15) is 21.6 Å². The second-order valence-corrected chi connectivity index (χ2v) is 22.3. The summed E-state index contributed by atoms with van der Waals surface area (Å²) < 4.78 is 69.3. The molecule has 0 amide bonds. The van der Waals surface area contributed by atoms with Gasteiger partial charge in [0.2, 0.25) is 0 Å². The standard InChI is InChI=1S/C18H28F3O3PSSi/c1-17(2,3)16-15(14-11-9-8-10-12-14)25(16,4,13-27(5,6)7)24-26(22,23)18(19,20)21/h8-12H,13H2,1-7H3. The van der Waals surface area contributed by atoms with Crippen molar-refractivity contribution in [1.29, 1.82) is 0 Å². The van der Waals surface area contributed by atoms with Crippen LogP contribution in [0.1, 0.15) is 26.3 Å². The average Bonchev–Trinajstić information content (AvgIpc) is 2.95. The number of hydrogen-bond acceptors (Lipinski definition) is 3. The van der Waals surface area contributed by atoms with Crippen molar-refractivity contribution in [3.05, 3.63) is 41.2 Å². The maximum absolute atomic E-state index is 13.2. The molecule has 0 radical (unpaired) electrons. The van der Waals surface area contributed by atoms with E-state index in [1.807, 2.05) is 58.6 Å². The number of alkyl halides is 3. The van der Waals surface area contributed by atoms with Crippen molar-refractivity contribution < 1.29 is 25.6 Å². The molecule has 1 aromatic carbocycles. The first-order valence-corrected chi connectivity index (χ1v) is 16.6. The van der Waals surface area contributed by atoms with Crippen LogP contribution >= 0.6 is 6.83 Å². The molecule has 0 bridgehead atoms. The third kappa shape index (κ3) is 4.04. The van der Waals surface area contributed by atoms with E-state index in [0.29, 0.717) is 11.1 Å². The van der Waals surface area contributed by atoms with E-state index in [0.717, 1.165) is 10.9 Å². The van der Waals surface area contributed by atoms with Crippen LogP contribution in [-0.4, -0.2) is 34.5 Å². The molecule has 0 saturated carbocycles. The Labute approximate surface area is 161 Å². The Balaban J connectivity index is 2.76. The van der Waals surface area contributed by atoms with Gasteiger partial charge in [0.05, 0.1) is 0 Å². The topological polar surface area (TPSA) is 43.4 Å². The Bertz CT molecular complexity index is 883. The van der Waals surface area contributed by atoms with Crippen molar-refractivity contribution in [3.63, 3.8) is 0 Å². The summed E-state index contributed by atoms with van der Waals surface area (Å²) in [6, 6.07) is 9.04. The molecule has 1 aliphatic rings. The fourth-order valence-corrected chi connectivity index (χ4v) is 23.1. The minimum absolute atomic E-state index is 0.366. The molecule has 0 unspecified atom stereocenters. The van der Waals surface area contributed by atoms with E-state index in [1.165, 1.54) is 0 Å². The van der Waals surface area contributed by atoms with Crippen LogP contribution < -0.4 is 0 Å². The Kier molecular flexibility index (Phi) is 5.15. The molecule has 0 atom stereocenters. The van der Waals surface area contributed by atoms with E-state index >= 15 is 0 Å². The Morgan fingerprint density at radius 2 is 1.52 bits per heavy atom. The first-order valence-electron chi connectivity index (χ1n) is 8.68. The summed E-state index contributed by atoms with van der Waals surface area (Å²) in [7, 11) is -7.72. The van der Waals surface area contributed by atoms with Gasteiger partial charge in [-0.25, -0.2) is 0 Å². The van der Waals surface area contributed by atoms with Gasteiger partial charge >= 0.3 is 161 Å². The third-order valence-electron chi connectivity index (χ3n) is 4.54. The summed E-state index contributed by atoms with van der Waals surface area (Å²) in [5.41, 5.74) is -5.20. The quantitative estimate of drug-likeness (QED) is 0.308. The van der Waals surface area contributed by atoms with Crippen LogP contribution in [0.5, 0.6) is 0 Å². The summed E-state index contributed by atoms with van der Waals surface area (Å²) in [4.78, 5) is 0. The van der Waals surface area contributed by atoms with Crippen LogP contribution in [-0.2, 0) is 14.1 Å². The molecule has 9 heteroatoms. The van der Waals surface area contributed by atoms with Gasteiger partial charge in [-0.05, 0) is 0 Å². The van der Waals surface area contributed by atoms with Crippen LogP contribution in [0.25, 0.3) is 5.31 Å². The zero-order valence-corrected chi connectivity index (χ0v) is 19.5. The maximum atomic E-state index is 13.2. The van der Waals surface area contributed by atoms with Crippen LogP contribution in [0.2, 0.25) is 19.6 Å². The molecule has 1 aromatic rings. The Morgan fingerprint density at radius 3 is 1.89 bits per heavy atom.